The van der Waals surface area contributed by atoms with E-state index in [-0.39, 0.29) is 0 Å². The van der Waals surface area contributed by atoms with Crippen LogP contribution in [-0.4, -0.2) is 0 Å². The first-order chi connectivity index (χ1) is 28.8. The van der Waals surface area contributed by atoms with Gasteiger partial charge in [-0.2, -0.15) is 0 Å². The average molecular weight is 769 g/mol. The Balaban J connectivity index is 1.13. The molecule has 0 saturated carbocycles. The van der Waals surface area contributed by atoms with Crippen LogP contribution in [0, 0.1) is 0 Å². The predicted octanol–water partition coefficient (Wildman–Crippen LogP) is 17.2. The van der Waals surface area contributed by atoms with Gasteiger partial charge in [0.25, 0.3) is 0 Å². The van der Waals surface area contributed by atoms with Gasteiger partial charge in [-0.15, -0.1) is 22.7 Å². The summed E-state index contributed by atoms with van der Waals surface area (Å²) in [6.45, 7) is 0. The van der Waals surface area contributed by atoms with E-state index in [9.17, 15) is 0 Å². The van der Waals surface area contributed by atoms with E-state index in [0.29, 0.717) is 0 Å². The summed E-state index contributed by atoms with van der Waals surface area (Å²) in [6, 6.07) is 72.5. The molecule has 13 rings (SSSR count). The summed E-state index contributed by atoms with van der Waals surface area (Å²) in [5.74, 6) is 0. The molecule has 0 atom stereocenters. The zero-order valence-electron chi connectivity index (χ0n) is 31.3. The molecule has 0 radical (unpaired) electrons. The lowest BCUT2D eigenvalue weighted by atomic mass is 9.83. The zero-order valence-corrected chi connectivity index (χ0v) is 32.9. The molecular formula is C56H32S2. The average Bonchev–Trinajstić information content (AvgIpc) is 3.87. The maximum atomic E-state index is 2.51. The second-order valence-corrected chi connectivity index (χ2v) is 17.5. The molecule has 0 fully saturated rings. The number of hydrogen-bond donors (Lipinski definition) is 0. The second kappa shape index (κ2) is 12.3. The molecule has 0 nitrogen and oxygen atoms in total. The molecule has 58 heavy (non-hydrogen) atoms. The molecule has 11 aromatic carbocycles. The maximum Gasteiger partial charge on any atom is 0.0540 e. The third-order valence-corrected chi connectivity index (χ3v) is 15.0. The summed E-state index contributed by atoms with van der Waals surface area (Å²) in [5.41, 5.74) is 7.69. The lowest BCUT2D eigenvalue weighted by Gasteiger charge is -2.20. The molecule has 2 heteroatoms. The van der Waals surface area contributed by atoms with Crippen LogP contribution in [0.4, 0.5) is 0 Å². The van der Waals surface area contributed by atoms with Crippen LogP contribution in [0.5, 0.6) is 0 Å². The Morgan fingerprint density at radius 2 is 0.741 bits per heavy atom. The van der Waals surface area contributed by atoms with Crippen molar-refractivity contribution in [1.82, 2.24) is 0 Å². The van der Waals surface area contributed by atoms with Gasteiger partial charge in [0.2, 0.25) is 0 Å². The van der Waals surface area contributed by atoms with Crippen molar-refractivity contribution in [3.05, 3.63) is 194 Å². The van der Waals surface area contributed by atoms with Crippen LogP contribution in [0.3, 0.4) is 0 Å². The molecule has 0 aliphatic rings. The van der Waals surface area contributed by atoms with Crippen molar-refractivity contribution in [2.24, 2.45) is 0 Å². The molecule has 0 spiro atoms. The highest BCUT2D eigenvalue weighted by atomic mass is 32.1. The molecule has 2 aromatic heterocycles. The minimum absolute atomic E-state index is 1.26. The largest absolute Gasteiger partial charge is 0.134 e. The molecular weight excluding hydrogens is 737 g/mol. The number of hydrogen-bond acceptors (Lipinski definition) is 2. The first-order valence-electron chi connectivity index (χ1n) is 19.9. The van der Waals surface area contributed by atoms with Gasteiger partial charge in [0.15, 0.2) is 0 Å². The standard InChI is InChI=1S/C56H32S2/c1-3-17-35-33(14-1)16-13-26-40(35)51-41-21-7-9-23-43(41)52(44-24-10-8-22-42(44)51)45-31-30-39(37-19-5-6-20-38(37)45)48-32-49-46-29-28-34-15-2-4-18-36(34)54(46)58-55(49)56-53(48)47-25-11-12-27-50(47)57-56/h1-32H. The Kier molecular flexibility index (Phi) is 6.86. The summed E-state index contributed by atoms with van der Waals surface area (Å²) in [6.07, 6.45) is 0. The fourth-order valence-corrected chi connectivity index (χ4v) is 12.6. The fourth-order valence-electron chi connectivity index (χ4n) is 9.96. The summed E-state index contributed by atoms with van der Waals surface area (Å²) in [5, 5.41) is 18.1. The first kappa shape index (κ1) is 32.3. The summed E-state index contributed by atoms with van der Waals surface area (Å²) in [4.78, 5) is 0. The van der Waals surface area contributed by atoms with Gasteiger partial charge in [0, 0.05) is 30.9 Å². The first-order valence-corrected chi connectivity index (χ1v) is 21.6. The number of thiophene rings is 2. The van der Waals surface area contributed by atoms with Crippen molar-refractivity contribution < 1.29 is 0 Å². The number of benzene rings is 11. The normalized spacial score (nSPS) is 12.1. The van der Waals surface area contributed by atoms with Gasteiger partial charge < -0.3 is 0 Å². The van der Waals surface area contributed by atoms with Crippen LogP contribution in [0.2, 0.25) is 0 Å². The van der Waals surface area contributed by atoms with Crippen LogP contribution >= 0.6 is 22.7 Å². The molecule has 0 N–H and O–H groups in total. The monoisotopic (exact) mass is 768 g/mol. The molecule has 0 aliphatic heterocycles. The van der Waals surface area contributed by atoms with E-state index in [1.54, 1.807) is 0 Å². The van der Waals surface area contributed by atoms with Crippen LogP contribution in [0.15, 0.2) is 194 Å². The summed E-state index contributed by atoms with van der Waals surface area (Å²) < 4.78 is 5.47. The third kappa shape index (κ3) is 4.50. The van der Waals surface area contributed by atoms with E-state index < -0.39 is 0 Å². The summed E-state index contributed by atoms with van der Waals surface area (Å²) >= 11 is 3.89. The van der Waals surface area contributed by atoms with Crippen molar-refractivity contribution in [1.29, 1.82) is 0 Å². The van der Waals surface area contributed by atoms with Crippen molar-refractivity contribution >= 4 is 117 Å². The van der Waals surface area contributed by atoms with Crippen LogP contribution in [-0.2, 0) is 0 Å². The van der Waals surface area contributed by atoms with Gasteiger partial charge in [0.1, 0.15) is 0 Å². The van der Waals surface area contributed by atoms with Gasteiger partial charge in [0.05, 0.1) is 9.40 Å². The Morgan fingerprint density at radius 3 is 1.43 bits per heavy atom. The summed E-state index contributed by atoms with van der Waals surface area (Å²) in [7, 11) is 0. The highest BCUT2D eigenvalue weighted by molar-refractivity contribution is 7.34. The molecule has 268 valence electrons. The minimum atomic E-state index is 1.26. The Labute approximate surface area is 342 Å². The van der Waals surface area contributed by atoms with E-state index in [1.807, 2.05) is 22.7 Å². The maximum absolute atomic E-state index is 2.51. The SMILES string of the molecule is c1ccc2c(-c3c4ccccc4c(-c4ccc(-c5cc6c7ccc8ccccc8c7sc6c6sc7ccccc7c56)c5ccccc45)c4ccccc34)cccc2c1. The van der Waals surface area contributed by atoms with E-state index in [2.05, 4.69) is 194 Å². The predicted molar refractivity (Wildman–Crippen MR) is 256 cm³/mol. The third-order valence-electron chi connectivity index (χ3n) is 12.5. The molecule has 13 aromatic rings. The van der Waals surface area contributed by atoms with Gasteiger partial charge in [-0.25, -0.2) is 0 Å². The lowest BCUT2D eigenvalue weighted by Crippen LogP contribution is -1.93. The fraction of sp³-hybridized carbons (Fsp3) is 0. The van der Waals surface area contributed by atoms with Crippen LogP contribution in [0.25, 0.3) is 128 Å². The van der Waals surface area contributed by atoms with Gasteiger partial charge in [-0.1, -0.05) is 182 Å². The molecule has 0 bridgehead atoms. The van der Waals surface area contributed by atoms with E-state index in [4.69, 9.17) is 0 Å². The van der Waals surface area contributed by atoms with Crippen LogP contribution < -0.4 is 0 Å². The zero-order chi connectivity index (χ0) is 37.9. The highest BCUT2D eigenvalue weighted by Crippen LogP contribution is 2.52. The van der Waals surface area contributed by atoms with Crippen molar-refractivity contribution in [2.45, 2.75) is 0 Å². The van der Waals surface area contributed by atoms with Gasteiger partial charge in [-0.05, 0) is 99.4 Å². The molecule has 2 heterocycles. The topological polar surface area (TPSA) is 0 Å². The van der Waals surface area contributed by atoms with Gasteiger partial charge >= 0.3 is 0 Å². The molecule has 0 amide bonds. The number of rotatable bonds is 3. The molecule has 0 saturated heterocycles. The number of fused-ring (bicyclic) bond motifs is 13. The van der Waals surface area contributed by atoms with E-state index in [1.165, 1.54) is 128 Å². The Hall–Kier alpha value is -6.84. The van der Waals surface area contributed by atoms with Crippen molar-refractivity contribution in [3.63, 3.8) is 0 Å². The lowest BCUT2D eigenvalue weighted by molar-refractivity contribution is 1.68. The smallest absolute Gasteiger partial charge is 0.0540 e. The minimum Gasteiger partial charge on any atom is -0.134 e. The molecule has 0 unspecified atom stereocenters. The van der Waals surface area contributed by atoms with Crippen LogP contribution in [0.1, 0.15) is 0 Å². The van der Waals surface area contributed by atoms with Crippen molar-refractivity contribution in [2.75, 3.05) is 0 Å². The second-order valence-electron chi connectivity index (χ2n) is 15.4. The Bertz CT molecular complexity index is 3800. The van der Waals surface area contributed by atoms with E-state index in [0.717, 1.165) is 0 Å². The van der Waals surface area contributed by atoms with Gasteiger partial charge in [-0.3, -0.25) is 0 Å². The highest BCUT2D eigenvalue weighted by Gasteiger charge is 2.23. The van der Waals surface area contributed by atoms with Crippen molar-refractivity contribution in [3.8, 4) is 33.4 Å². The quantitative estimate of drug-likeness (QED) is 0.157. The molecule has 0 aliphatic carbocycles. The van der Waals surface area contributed by atoms with E-state index >= 15 is 0 Å². The Morgan fingerprint density at radius 1 is 0.241 bits per heavy atom.